The fourth-order valence-corrected chi connectivity index (χ4v) is 1.54. The standard InChI is InChI=1S/C12H18N2O2/c1-3-15-12-11(16-12)8-13-6-10-5-4-9(2)14-7-10/h4-5,7,11-13H,3,6,8H2,1-2H3. The van der Waals surface area contributed by atoms with E-state index in [1.807, 2.05) is 26.1 Å². The van der Waals surface area contributed by atoms with E-state index in [1.165, 1.54) is 5.56 Å². The Balaban J connectivity index is 1.64. The molecule has 4 heteroatoms. The summed E-state index contributed by atoms with van der Waals surface area (Å²) >= 11 is 0. The average molecular weight is 222 g/mol. The van der Waals surface area contributed by atoms with Gasteiger partial charge in [-0.25, -0.2) is 0 Å². The van der Waals surface area contributed by atoms with Gasteiger partial charge in [-0.3, -0.25) is 4.98 Å². The Morgan fingerprint density at radius 2 is 2.38 bits per heavy atom. The Labute approximate surface area is 96.0 Å². The zero-order chi connectivity index (χ0) is 11.4. The van der Waals surface area contributed by atoms with Gasteiger partial charge in [0.25, 0.3) is 0 Å². The summed E-state index contributed by atoms with van der Waals surface area (Å²) in [4.78, 5) is 4.24. The summed E-state index contributed by atoms with van der Waals surface area (Å²) in [5.74, 6) is 0. The van der Waals surface area contributed by atoms with E-state index >= 15 is 0 Å². The number of ether oxygens (including phenoxy) is 2. The predicted molar refractivity (Wildman–Crippen MR) is 61.0 cm³/mol. The zero-order valence-corrected chi connectivity index (χ0v) is 9.77. The van der Waals surface area contributed by atoms with E-state index < -0.39 is 0 Å². The summed E-state index contributed by atoms with van der Waals surface area (Å²) in [5.41, 5.74) is 2.24. The SMILES string of the molecule is CCOC1OC1CNCc1ccc(C)nc1. The minimum Gasteiger partial charge on any atom is -0.350 e. The lowest BCUT2D eigenvalue weighted by molar-refractivity contribution is 0.0593. The zero-order valence-electron chi connectivity index (χ0n) is 9.77. The van der Waals surface area contributed by atoms with Crippen molar-refractivity contribution in [3.05, 3.63) is 29.6 Å². The molecule has 0 radical (unpaired) electrons. The van der Waals surface area contributed by atoms with E-state index in [1.54, 1.807) is 0 Å². The van der Waals surface area contributed by atoms with Crippen LogP contribution in [0.1, 0.15) is 18.2 Å². The van der Waals surface area contributed by atoms with Gasteiger partial charge >= 0.3 is 0 Å². The first kappa shape index (κ1) is 11.5. The van der Waals surface area contributed by atoms with Crippen LogP contribution in [0.4, 0.5) is 0 Å². The van der Waals surface area contributed by atoms with Crippen molar-refractivity contribution in [3.8, 4) is 0 Å². The number of aromatic nitrogens is 1. The molecule has 1 aliphatic heterocycles. The first-order chi connectivity index (χ1) is 7.79. The monoisotopic (exact) mass is 222 g/mol. The molecular weight excluding hydrogens is 204 g/mol. The van der Waals surface area contributed by atoms with Crippen molar-refractivity contribution in [1.82, 2.24) is 10.3 Å². The lowest BCUT2D eigenvalue weighted by Gasteiger charge is -2.02. The van der Waals surface area contributed by atoms with Crippen LogP contribution in [0.2, 0.25) is 0 Å². The van der Waals surface area contributed by atoms with Crippen LogP contribution in [0.25, 0.3) is 0 Å². The van der Waals surface area contributed by atoms with Gasteiger partial charge in [0.05, 0.1) is 0 Å². The van der Waals surface area contributed by atoms with Crippen molar-refractivity contribution in [1.29, 1.82) is 0 Å². The number of pyridine rings is 1. The minimum absolute atomic E-state index is 0.00800. The van der Waals surface area contributed by atoms with Crippen LogP contribution in [-0.2, 0) is 16.0 Å². The van der Waals surface area contributed by atoms with Gasteiger partial charge in [0.1, 0.15) is 6.10 Å². The van der Waals surface area contributed by atoms with Crippen molar-refractivity contribution in [2.75, 3.05) is 13.2 Å². The normalized spacial score (nSPS) is 23.4. The largest absolute Gasteiger partial charge is 0.350 e. The van der Waals surface area contributed by atoms with Gasteiger partial charge in [0.2, 0.25) is 0 Å². The van der Waals surface area contributed by atoms with E-state index in [4.69, 9.17) is 9.47 Å². The highest BCUT2D eigenvalue weighted by Gasteiger charge is 2.38. The first-order valence-electron chi connectivity index (χ1n) is 5.69. The van der Waals surface area contributed by atoms with Crippen LogP contribution >= 0.6 is 0 Å². The Kier molecular flexibility index (Phi) is 3.88. The maximum absolute atomic E-state index is 5.31. The molecule has 1 N–H and O–H groups in total. The summed E-state index contributed by atoms with van der Waals surface area (Å²) in [5, 5.41) is 3.33. The van der Waals surface area contributed by atoms with Crippen molar-refractivity contribution >= 4 is 0 Å². The van der Waals surface area contributed by atoms with Crippen LogP contribution in [-0.4, -0.2) is 30.5 Å². The number of rotatable bonds is 6. The van der Waals surface area contributed by atoms with E-state index in [0.29, 0.717) is 6.61 Å². The molecule has 2 unspecified atom stereocenters. The van der Waals surface area contributed by atoms with Crippen LogP contribution in [0.5, 0.6) is 0 Å². The fraction of sp³-hybridized carbons (Fsp3) is 0.583. The summed E-state index contributed by atoms with van der Waals surface area (Å²) < 4.78 is 10.6. The Morgan fingerprint density at radius 1 is 1.50 bits per heavy atom. The summed E-state index contributed by atoms with van der Waals surface area (Å²) in [6, 6.07) is 4.11. The quantitative estimate of drug-likeness (QED) is 0.736. The molecule has 4 nitrogen and oxygen atoms in total. The van der Waals surface area contributed by atoms with Crippen LogP contribution in [0.3, 0.4) is 0 Å². The van der Waals surface area contributed by atoms with Crippen molar-refractivity contribution in [2.24, 2.45) is 0 Å². The van der Waals surface area contributed by atoms with E-state index in [0.717, 1.165) is 18.8 Å². The van der Waals surface area contributed by atoms with Crippen molar-refractivity contribution < 1.29 is 9.47 Å². The van der Waals surface area contributed by atoms with Gasteiger partial charge in [-0.05, 0) is 25.5 Å². The Hall–Kier alpha value is -0.970. The van der Waals surface area contributed by atoms with Crippen molar-refractivity contribution in [3.63, 3.8) is 0 Å². The molecule has 2 rings (SSSR count). The van der Waals surface area contributed by atoms with E-state index in [2.05, 4.69) is 16.4 Å². The average Bonchev–Trinajstić information content (AvgIpc) is 3.00. The number of nitrogens with zero attached hydrogens (tertiary/aromatic N) is 1. The Morgan fingerprint density at radius 3 is 3.06 bits per heavy atom. The lowest BCUT2D eigenvalue weighted by Crippen LogP contribution is -2.21. The molecule has 1 aromatic heterocycles. The third-order valence-electron chi connectivity index (χ3n) is 2.51. The minimum atomic E-state index is 0.00800. The topological polar surface area (TPSA) is 46.7 Å². The van der Waals surface area contributed by atoms with Crippen LogP contribution < -0.4 is 5.32 Å². The molecule has 1 aromatic rings. The second kappa shape index (κ2) is 5.39. The van der Waals surface area contributed by atoms with Gasteiger partial charge in [-0.2, -0.15) is 0 Å². The molecule has 2 heterocycles. The highest BCUT2D eigenvalue weighted by molar-refractivity contribution is 5.12. The van der Waals surface area contributed by atoms with Gasteiger partial charge in [-0.15, -0.1) is 0 Å². The maximum atomic E-state index is 5.31. The van der Waals surface area contributed by atoms with Crippen LogP contribution in [0, 0.1) is 6.92 Å². The molecule has 1 fully saturated rings. The molecule has 0 saturated carbocycles. The number of epoxide rings is 1. The fourth-order valence-electron chi connectivity index (χ4n) is 1.54. The number of nitrogens with one attached hydrogen (secondary N) is 1. The molecule has 2 atom stereocenters. The molecule has 16 heavy (non-hydrogen) atoms. The summed E-state index contributed by atoms with van der Waals surface area (Å²) in [6.07, 6.45) is 2.13. The molecule has 0 aliphatic carbocycles. The third kappa shape index (κ3) is 3.27. The molecule has 0 aromatic carbocycles. The van der Waals surface area contributed by atoms with Gasteiger partial charge < -0.3 is 14.8 Å². The second-order valence-electron chi connectivity index (χ2n) is 3.94. The Bertz CT molecular complexity index is 326. The van der Waals surface area contributed by atoms with E-state index in [9.17, 15) is 0 Å². The third-order valence-corrected chi connectivity index (χ3v) is 2.51. The molecule has 0 bridgehead atoms. The molecule has 88 valence electrons. The van der Waals surface area contributed by atoms with Crippen molar-refractivity contribution in [2.45, 2.75) is 32.8 Å². The maximum Gasteiger partial charge on any atom is 0.185 e. The molecule has 1 saturated heterocycles. The lowest BCUT2D eigenvalue weighted by atomic mass is 10.2. The molecule has 0 amide bonds. The van der Waals surface area contributed by atoms with Gasteiger partial charge in [0, 0.05) is 31.6 Å². The highest BCUT2D eigenvalue weighted by atomic mass is 16.8. The predicted octanol–water partition coefficient (Wildman–Crippen LogP) is 1.24. The first-order valence-corrected chi connectivity index (χ1v) is 5.69. The van der Waals surface area contributed by atoms with Gasteiger partial charge in [-0.1, -0.05) is 6.07 Å². The number of hydrogen-bond donors (Lipinski definition) is 1. The van der Waals surface area contributed by atoms with Gasteiger partial charge in [0.15, 0.2) is 6.29 Å². The summed E-state index contributed by atoms with van der Waals surface area (Å²) in [7, 11) is 0. The summed E-state index contributed by atoms with van der Waals surface area (Å²) in [6.45, 7) is 6.33. The molecular formula is C12H18N2O2. The number of hydrogen-bond acceptors (Lipinski definition) is 4. The second-order valence-corrected chi connectivity index (χ2v) is 3.94. The smallest absolute Gasteiger partial charge is 0.185 e. The number of aryl methyl sites for hydroxylation is 1. The van der Waals surface area contributed by atoms with Crippen LogP contribution in [0.15, 0.2) is 18.3 Å². The highest BCUT2D eigenvalue weighted by Crippen LogP contribution is 2.22. The molecule has 0 spiro atoms. The van der Waals surface area contributed by atoms with E-state index in [-0.39, 0.29) is 12.4 Å². The molecule has 1 aliphatic rings.